The highest BCUT2D eigenvalue weighted by Crippen LogP contribution is 2.53. The van der Waals surface area contributed by atoms with E-state index in [1.807, 2.05) is 30.7 Å². The molecule has 0 saturated carbocycles. The molecule has 6 nitrogen and oxygen atoms in total. The summed E-state index contributed by atoms with van der Waals surface area (Å²) in [4.78, 5) is 29.9. The van der Waals surface area contributed by atoms with Crippen molar-refractivity contribution in [2.24, 2.45) is 0 Å². The first-order chi connectivity index (χ1) is 59.9. The van der Waals surface area contributed by atoms with Crippen molar-refractivity contribution >= 4 is 64.6 Å². The van der Waals surface area contributed by atoms with E-state index < -0.39 is 0 Å². The average molecular weight is 1560 g/mol. The Morgan fingerprint density at radius 1 is 0.180 bits per heavy atom. The molecular weight excluding hydrogens is 1480 g/mol. The molecule has 4 aromatic heterocycles. The van der Waals surface area contributed by atoms with Gasteiger partial charge in [-0.05, 0) is 207 Å². The van der Waals surface area contributed by atoms with Gasteiger partial charge in [0, 0.05) is 80.1 Å². The van der Waals surface area contributed by atoms with Gasteiger partial charge >= 0.3 is 0 Å². The molecule has 18 aromatic carbocycles. The molecule has 6 heteroatoms. The fourth-order valence-electron chi connectivity index (χ4n) is 19.6. The van der Waals surface area contributed by atoms with E-state index in [0.29, 0.717) is 11.6 Å². The highest BCUT2D eigenvalue weighted by molar-refractivity contribution is 6.27. The van der Waals surface area contributed by atoms with Crippen molar-refractivity contribution in [1.82, 2.24) is 29.9 Å². The second-order valence-corrected chi connectivity index (χ2v) is 33.6. The van der Waals surface area contributed by atoms with Crippen LogP contribution in [0, 0.1) is 0 Å². The first kappa shape index (κ1) is 71.8. The van der Waals surface area contributed by atoms with Crippen LogP contribution in [-0.2, 0) is 10.8 Å². The van der Waals surface area contributed by atoms with Crippen LogP contribution in [0.2, 0.25) is 0 Å². The van der Waals surface area contributed by atoms with Crippen molar-refractivity contribution in [2.45, 2.75) is 38.5 Å². The molecule has 2 aliphatic rings. The number of rotatable bonds is 12. The van der Waals surface area contributed by atoms with E-state index in [9.17, 15) is 0 Å². The van der Waals surface area contributed by atoms with Crippen LogP contribution in [-0.4, -0.2) is 29.9 Å². The Morgan fingerprint density at radius 2 is 0.508 bits per heavy atom. The first-order valence-corrected chi connectivity index (χ1v) is 42.0. The molecule has 0 radical (unpaired) electrons. The lowest BCUT2D eigenvalue weighted by molar-refractivity contribution is 0.660. The molecule has 0 atom stereocenters. The van der Waals surface area contributed by atoms with Gasteiger partial charge in [0.05, 0.1) is 22.8 Å². The predicted octanol–water partition coefficient (Wildman–Crippen LogP) is 30.2. The van der Waals surface area contributed by atoms with Crippen molar-refractivity contribution in [2.75, 3.05) is 0 Å². The Hall–Kier alpha value is -15.5. The summed E-state index contributed by atoms with van der Waals surface area (Å²) in [5.41, 5.74) is 34.1. The quantitative estimate of drug-likeness (QED) is 0.113. The number of aromatic nitrogens is 6. The maximum Gasteiger partial charge on any atom is 0.160 e. The molecule has 0 amide bonds. The molecule has 0 unspecified atom stereocenters. The second kappa shape index (κ2) is 28.7. The Morgan fingerprint density at radius 3 is 0.984 bits per heavy atom. The van der Waals surface area contributed by atoms with E-state index in [0.717, 1.165) is 78.4 Å². The molecule has 0 bridgehead atoms. The molecule has 0 N–H and O–H groups in total. The Bertz CT molecular complexity index is 7860. The maximum atomic E-state index is 5.29. The van der Waals surface area contributed by atoms with Crippen molar-refractivity contribution in [1.29, 1.82) is 0 Å². The fraction of sp³-hybridized carbons (Fsp3) is 0.0517. The van der Waals surface area contributed by atoms with Gasteiger partial charge in [0.1, 0.15) is 0 Å². The third kappa shape index (κ3) is 12.2. The van der Waals surface area contributed by atoms with Crippen LogP contribution in [0.25, 0.3) is 221 Å². The monoisotopic (exact) mass is 1550 g/mol. The zero-order valence-corrected chi connectivity index (χ0v) is 67.8. The molecule has 0 spiro atoms. The highest BCUT2D eigenvalue weighted by atomic mass is 14.9. The van der Waals surface area contributed by atoms with Crippen molar-refractivity contribution in [3.05, 3.63) is 423 Å². The van der Waals surface area contributed by atoms with Crippen LogP contribution in [0.15, 0.2) is 401 Å². The van der Waals surface area contributed by atoms with Crippen LogP contribution in [0.5, 0.6) is 0 Å². The van der Waals surface area contributed by atoms with Crippen LogP contribution in [0.1, 0.15) is 49.9 Å². The van der Waals surface area contributed by atoms with Crippen LogP contribution in [0.4, 0.5) is 0 Å². The summed E-state index contributed by atoms with van der Waals surface area (Å²) in [6.45, 7) is 9.33. The minimum Gasteiger partial charge on any atom is -0.264 e. The third-order valence-corrected chi connectivity index (χ3v) is 25.9. The fourth-order valence-corrected chi connectivity index (χ4v) is 19.6. The van der Waals surface area contributed by atoms with E-state index in [1.54, 1.807) is 6.20 Å². The summed E-state index contributed by atoms with van der Waals surface area (Å²) in [6.07, 6.45) is 7.44. The summed E-state index contributed by atoms with van der Waals surface area (Å²) in [6, 6.07) is 136. The third-order valence-electron chi connectivity index (χ3n) is 25.9. The molecule has 2 aliphatic carbocycles. The number of pyridine rings is 2. The van der Waals surface area contributed by atoms with Gasteiger partial charge in [-0.1, -0.05) is 361 Å². The van der Waals surface area contributed by atoms with E-state index in [-0.39, 0.29) is 10.8 Å². The molecular formula is C116H78N6. The molecule has 4 heterocycles. The van der Waals surface area contributed by atoms with E-state index in [1.165, 1.54) is 154 Å². The minimum absolute atomic E-state index is 0.0545. The Kier molecular flexibility index (Phi) is 16.9. The lowest BCUT2D eigenvalue weighted by atomic mass is 9.81. The van der Waals surface area contributed by atoms with Gasteiger partial charge in [0.25, 0.3) is 0 Å². The molecule has 0 aliphatic heterocycles. The minimum atomic E-state index is -0.0567. The Balaban J connectivity index is 0.000000142. The number of hydrogen-bond acceptors (Lipinski definition) is 6. The largest absolute Gasteiger partial charge is 0.264 e. The number of hydrogen-bond donors (Lipinski definition) is 0. The number of benzene rings is 18. The topological polar surface area (TPSA) is 77.3 Å². The van der Waals surface area contributed by atoms with Gasteiger partial charge in [0.15, 0.2) is 11.6 Å². The Labute approximate surface area is 708 Å². The zero-order chi connectivity index (χ0) is 81.3. The average Bonchev–Trinajstić information content (AvgIpc) is 1.33. The lowest BCUT2D eigenvalue weighted by Gasteiger charge is -2.22. The summed E-state index contributed by atoms with van der Waals surface area (Å²) in [5.74, 6) is 1.37. The first-order valence-electron chi connectivity index (χ1n) is 42.0. The maximum absolute atomic E-state index is 5.29. The van der Waals surface area contributed by atoms with Crippen LogP contribution in [0.3, 0.4) is 0 Å². The molecule has 0 fully saturated rings. The van der Waals surface area contributed by atoms with Crippen molar-refractivity contribution in [3.63, 3.8) is 0 Å². The van der Waals surface area contributed by atoms with Gasteiger partial charge < -0.3 is 0 Å². The smallest absolute Gasteiger partial charge is 0.160 e. The van der Waals surface area contributed by atoms with Crippen LogP contribution < -0.4 is 0 Å². The van der Waals surface area contributed by atoms with Gasteiger partial charge in [-0.2, -0.15) is 0 Å². The molecule has 122 heavy (non-hydrogen) atoms. The predicted molar refractivity (Wildman–Crippen MR) is 507 cm³/mol. The normalized spacial score (nSPS) is 12.9. The second-order valence-electron chi connectivity index (χ2n) is 33.6. The number of fused-ring (bicyclic) bond motifs is 6. The number of nitrogens with zero attached hydrogens (tertiary/aromatic N) is 6. The van der Waals surface area contributed by atoms with Gasteiger partial charge in [-0.25, -0.2) is 19.9 Å². The molecule has 572 valence electrons. The molecule has 24 rings (SSSR count). The standard InChI is InChI=1S/2C58H39N3/c1-58(2)51-14-4-3-13-48(51)49-29-27-44(33-52(49)58)36-15-23-42(24-16-36)57-60-53(34-54(61-57)45-11-6-10-43(32-45)46-12-7-31-59-35-46)38-19-17-37(18-20-38)47-28-25-41-22-21-39-8-5-9-40-26-30-50(47)56(41)55(39)40;1-58(2)51-15-6-5-13-47(51)48-30-28-43(33-52(48)58)36-16-24-42(25-17-36)57-60-53(34-54(61-57)49-14-4-3-12-45(49)44-11-8-32-59-35-44)38-20-18-37(19-21-38)46-29-26-41-23-22-39-9-7-10-40-27-31-50(46)56(41)55(39)40/h2*3-35H,1-2H3. The highest BCUT2D eigenvalue weighted by Gasteiger charge is 2.37. The summed E-state index contributed by atoms with van der Waals surface area (Å²) in [5, 5.41) is 15.5. The SMILES string of the molecule is CC1(C)c2ccccc2-c2ccc(-c3ccc(-c4nc(-c5ccc(-c6ccc7ccc8cccc9ccc6c7c89)cc5)cc(-c5cccc(-c6cccnc6)c5)n4)cc3)cc21.CC1(C)c2ccccc2-c2ccc(-c3ccc(-c4nc(-c5ccc(-c6ccc7ccc8cccc9ccc6c7c89)cc5)cc(-c5ccccc5-c5cccnc5)n4)cc3)cc21. The van der Waals surface area contributed by atoms with Gasteiger partial charge in [-0.15, -0.1) is 0 Å². The van der Waals surface area contributed by atoms with E-state index >= 15 is 0 Å². The molecule has 22 aromatic rings. The van der Waals surface area contributed by atoms with Crippen molar-refractivity contribution in [3.8, 4) is 157 Å². The van der Waals surface area contributed by atoms with E-state index in [2.05, 4.69) is 402 Å². The summed E-state index contributed by atoms with van der Waals surface area (Å²) < 4.78 is 0. The zero-order valence-electron chi connectivity index (χ0n) is 67.8. The van der Waals surface area contributed by atoms with Gasteiger partial charge in [0.2, 0.25) is 0 Å². The lowest BCUT2D eigenvalue weighted by Crippen LogP contribution is -2.14. The van der Waals surface area contributed by atoms with Gasteiger partial charge in [-0.3, -0.25) is 9.97 Å². The van der Waals surface area contributed by atoms with E-state index in [4.69, 9.17) is 19.9 Å². The van der Waals surface area contributed by atoms with Crippen LogP contribution >= 0.6 is 0 Å². The molecule has 0 saturated heterocycles. The summed E-state index contributed by atoms with van der Waals surface area (Å²) >= 11 is 0. The van der Waals surface area contributed by atoms with Crippen molar-refractivity contribution < 1.29 is 0 Å². The summed E-state index contributed by atoms with van der Waals surface area (Å²) in [7, 11) is 0.